The first kappa shape index (κ1) is 14.8. The van der Waals surface area contributed by atoms with E-state index in [0.29, 0.717) is 17.1 Å². The van der Waals surface area contributed by atoms with Gasteiger partial charge >= 0.3 is 0 Å². The zero-order chi connectivity index (χ0) is 13.8. The quantitative estimate of drug-likeness (QED) is 0.858. The summed E-state index contributed by atoms with van der Waals surface area (Å²) in [6.45, 7) is 4.79. The number of carbonyl (C=O) groups excluding carboxylic acids is 1. The van der Waals surface area contributed by atoms with Gasteiger partial charge in [0.25, 0.3) is 5.91 Å². The first-order valence-corrected chi connectivity index (χ1v) is 7.75. The van der Waals surface area contributed by atoms with Crippen LogP contribution >= 0.6 is 27.5 Å². The Labute approximate surface area is 127 Å². The van der Waals surface area contributed by atoms with Gasteiger partial charge in [0.05, 0.1) is 0 Å². The van der Waals surface area contributed by atoms with Crippen molar-refractivity contribution in [2.45, 2.75) is 25.8 Å². The molecular formula is C14H18BrClN2O. The Hall–Kier alpha value is -0.580. The molecule has 1 amide bonds. The molecule has 0 aliphatic heterocycles. The topological polar surface area (TPSA) is 32.3 Å². The molecule has 0 saturated heterocycles. The molecule has 0 unspecified atom stereocenters. The molecule has 1 fully saturated rings. The lowest BCUT2D eigenvalue weighted by Gasteiger charge is -2.19. The van der Waals surface area contributed by atoms with Crippen molar-refractivity contribution in [1.29, 1.82) is 0 Å². The maximum absolute atomic E-state index is 12.0. The van der Waals surface area contributed by atoms with Crippen LogP contribution in [0.1, 0.15) is 30.1 Å². The third kappa shape index (κ3) is 4.48. The predicted molar refractivity (Wildman–Crippen MR) is 81.8 cm³/mol. The summed E-state index contributed by atoms with van der Waals surface area (Å²) in [7, 11) is 0. The number of rotatable bonds is 6. The van der Waals surface area contributed by atoms with Gasteiger partial charge in [-0.1, -0.05) is 34.5 Å². The highest BCUT2D eigenvalue weighted by molar-refractivity contribution is 9.10. The number of benzene rings is 1. The van der Waals surface area contributed by atoms with Crippen LogP contribution in [0.4, 0.5) is 0 Å². The zero-order valence-corrected chi connectivity index (χ0v) is 13.3. The number of halogens is 2. The largest absolute Gasteiger partial charge is 0.351 e. The molecule has 0 bridgehead atoms. The molecule has 19 heavy (non-hydrogen) atoms. The highest BCUT2D eigenvalue weighted by Crippen LogP contribution is 2.25. The van der Waals surface area contributed by atoms with Gasteiger partial charge in [-0.15, -0.1) is 0 Å². The molecule has 104 valence electrons. The second-order valence-electron chi connectivity index (χ2n) is 4.77. The van der Waals surface area contributed by atoms with E-state index in [1.807, 2.05) is 0 Å². The molecule has 3 nitrogen and oxygen atoms in total. The molecule has 5 heteroatoms. The van der Waals surface area contributed by atoms with Gasteiger partial charge in [-0.3, -0.25) is 9.69 Å². The molecule has 1 aliphatic carbocycles. The molecule has 0 spiro atoms. The summed E-state index contributed by atoms with van der Waals surface area (Å²) in [4.78, 5) is 14.4. The van der Waals surface area contributed by atoms with Gasteiger partial charge < -0.3 is 5.32 Å². The molecular weight excluding hydrogens is 328 g/mol. The van der Waals surface area contributed by atoms with Crippen molar-refractivity contribution in [2.24, 2.45) is 0 Å². The van der Waals surface area contributed by atoms with Gasteiger partial charge in [-0.2, -0.15) is 0 Å². The Morgan fingerprint density at radius 3 is 2.79 bits per heavy atom. The minimum absolute atomic E-state index is 0.0740. The smallest absolute Gasteiger partial charge is 0.251 e. The Kier molecular flexibility index (Phi) is 5.25. The number of hydrogen-bond donors (Lipinski definition) is 1. The Bertz CT molecular complexity index is 443. The van der Waals surface area contributed by atoms with Crippen molar-refractivity contribution >= 4 is 33.4 Å². The fraction of sp³-hybridized carbons (Fsp3) is 0.500. The normalized spacial score (nSPS) is 14.7. The lowest BCUT2D eigenvalue weighted by atomic mass is 10.2. The molecule has 1 aromatic rings. The van der Waals surface area contributed by atoms with Crippen LogP contribution in [0.2, 0.25) is 5.02 Å². The highest BCUT2D eigenvalue weighted by atomic mass is 79.9. The highest BCUT2D eigenvalue weighted by Gasteiger charge is 2.27. The van der Waals surface area contributed by atoms with Gasteiger partial charge in [0.15, 0.2) is 0 Å². The average molecular weight is 346 g/mol. The molecule has 0 atom stereocenters. The van der Waals surface area contributed by atoms with Crippen LogP contribution in [0, 0.1) is 0 Å². The van der Waals surface area contributed by atoms with Crippen LogP contribution in [-0.2, 0) is 0 Å². The molecule has 2 rings (SSSR count). The van der Waals surface area contributed by atoms with Gasteiger partial charge in [-0.05, 0) is 37.6 Å². The summed E-state index contributed by atoms with van der Waals surface area (Å²) in [5.41, 5.74) is 0.592. The summed E-state index contributed by atoms with van der Waals surface area (Å²) < 4.78 is 0.818. The monoisotopic (exact) mass is 344 g/mol. The number of amides is 1. The molecule has 1 N–H and O–H groups in total. The first-order chi connectivity index (χ1) is 9.10. The van der Waals surface area contributed by atoms with Gasteiger partial charge in [0, 0.05) is 34.2 Å². The average Bonchev–Trinajstić information content (AvgIpc) is 3.17. The summed E-state index contributed by atoms with van der Waals surface area (Å²) in [6.07, 6.45) is 2.59. The van der Waals surface area contributed by atoms with Crippen molar-refractivity contribution < 1.29 is 4.79 Å². The second-order valence-corrected chi connectivity index (χ2v) is 6.13. The van der Waals surface area contributed by atoms with Crippen LogP contribution in [0.25, 0.3) is 0 Å². The summed E-state index contributed by atoms with van der Waals surface area (Å²) >= 11 is 9.27. The van der Waals surface area contributed by atoms with E-state index in [0.717, 1.165) is 23.6 Å². The van der Waals surface area contributed by atoms with Crippen molar-refractivity contribution in [2.75, 3.05) is 19.6 Å². The predicted octanol–water partition coefficient (Wildman–Crippen LogP) is 3.32. The SMILES string of the molecule is CCN(CCNC(=O)c1cc(Cl)cc(Br)c1)C1CC1. The van der Waals surface area contributed by atoms with Crippen LogP contribution in [0.15, 0.2) is 22.7 Å². The van der Waals surface area contributed by atoms with Crippen molar-refractivity contribution in [3.8, 4) is 0 Å². The number of hydrogen-bond acceptors (Lipinski definition) is 2. The maximum atomic E-state index is 12.0. The molecule has 0 heterocycles. The van der Waals surface area contributed by atoms with Crippen LogP contribution in [0.5, 0.6) is 0 Å². The Morgan fingerprint density at radius 1 is 1.47 bits per heavy atom. The Morgan fingerprint density at radius 2 is 2.21 bits per heavy atom. The zero-order valence-electron chi connectivity index (χ0n) is 11.0. The van der Waals surface area contributed by atoms with E-state index < -0.39 is 0 Å². The number of nitrogens with zero attached hydrogens (tertiary/aromatic N) is 1. The van der Waals surface area contributed by atoms with Crippen LogP contribution in [-0.4, -0.2) is 36.5 Å². The van der Waals surface area contributed by atoms with E-state index in [4.69, 9.17) is 11.6 Å². The fourth-order valence-corrected chi connectivity index (χ4v) is 3.00. The third-order valence-electron chi connectivity index (χ3n) is 3.28. The fourth-order valence-electron chi connectivity index (χ4n) is 2.14. The van der Waals surface area contributed by atoms with E-state index in [1.54, 1.807) is 18.2 Å². The minimum Gasteiger partial charge on any atom is -0.351 e. The van der Waals surface area contributed by atoms with Crippen molar-refractivity contribution in [3.63, 3.8) is 0 Å². The first-order valence-electron chi connectivity index (χ1n) is 6.58. The van der Waals surface area contributed by atoms with Gasteiger partial charge in [0.1, 0.15) is 0 Å². The van der Waals surface area contributed by atoms with Crippen molar-refractivity contribution in [3.05, 3.63) is 33.3 Å². The summed E-state index contributed by atoms with van der Waals surface area (Å²) in [5, 5.41) is 3.50. The van der Waals surface area contributed by atoms with Gasteiger partial charge in [-0.25, -0.2) is 0 Å². The summed E-state index contributed by atoms with van der Waals surface area (Å²) in [5.74, 6) is -0.0740. The maximum Gasteiger partial charge on any atom is 0.251 e. The summed E-state index contributed by atoms with van der Waals surface area (Å²) in [6, 6.07) is 5.96. The Balaban J connectivity index is 1.83. The van der Waals surface area contributed by atoms with Crippen LogP contribution in [0.3, 0.4) is 0 Å². The van der Waals surface area contributed by atoms with E-state index in [1.165, 1.54) is 12.8 Å². The minimum atomic E-state index is -0.0740. The van der Waals surface area contributed by atoms with E-state index in [-0.39, 0.29) is 5.91 Å². The van der Waals surface area contributed by atoms with E-state index >= 15 is 0 Å². The molecule has 1 aromatic carbocycles. The number of likely N-dealkylation sites (N-methyl/N-ethyl adjacent to an activating group) is 1. The molecule has 0 radical (unpaired) electrons. The van der Waals surface area contributed by atoms with Crippen LogP contribution < -0.4 is 5.32 Å². The number of carbonyl (C=O) groups is 1. The number of nitrogens with one attached hydrogen (secondary N) is 1. The molecule has 1 aliphatic rings. The second kappa shape index (κ2) is 6.73. The van der Waals surface area contributed by atoms with E-state index in [9.17, 15) is 4.79 Å². The molecule has 1 saturated carbocycles. The standard InChI is InChI=1S/C14H18BrClN2O/c1-2-18(13-3-4-13)6-5-17-14(19)10-7-11(15)9-12(16)8-10/h7-9,13H,2-6H2,1H3,(H,17,19). The third-order valence-corrected chi connectivity index (χ3v) is 3.95. The van der Waals surface area contributed by atoms with Gasteiger partial charge in [0.2, 0.25) is 0 Å². The lowest BCUT2D eigenvalue weighted by molar-refractivity contribution is 0.0948. The van der Waals surface area contributed by atoms with Crippen molar-refractivity contribution in [1.82, 2.24) is 10.2 Å². The lowest BCUT2D eigenvalue weighted by Crippen LogP contribution is -2.36. The molecule has 0 aromatic heterocycles. The van der Waals surface area contributed by atoms with E-state index in [2.05, 4.69) is 33.1 Å².